The van der Waals surface area contributed by atoms with Crippen molar-refractivity contribution in [2.75, 3.05) is 18.9 Å². The van der Waals surface area contributed by atoms with Gasteiger partial charge in [-0.25, -0.2) is 0 Å². The Hall–Kier alpha value is -2.12. The van der Waals surface area contributed by atoms with E-state index in [1.54, 1.807) is 24.3 Å². The first kappa shape index (κ1) is 19.6. The summed E-state index contributed by atoms with van der Waals surface area (Å²) in [5.41, 5.74) is 1.55. The Bertz CT molecular complexity index is 799. The highest BCUT2D eigenvalue weighted by Crippen LogP contribution is 2.26. The largest absolute Gasteiger partial charge is 0.444 e. The summed E-state index contributed by atoms with van der Waals surface area (Å²) < 4.78 is 5.73. The molecule has 7 heteroatoms. The molecule has 6 nitrogen and oxygen atoms in total. The third-order valence-corrected chi connectivity index (χ3v) is 5.21. The van der Waals surface area contributed by atoms with Gasteiger partial charge < -0.3 is 15.1 Å². The summed E-state index contributed by atoms with van der Waals surface area (Å²) in [4.78, 5) is 26.5. The Morgan fingerprint density at radius 1 is 1.22 bits per heavy atom. The molecular weight excluding hydrogens is 410 g/mol. The molecule has 1 saturated carbocycles. The van der Waals surface area contributed by atoms with Crippen LogP contribution in [0.3, 0.4) is 0 Å². The van der Waals surface area contributed by atoms with Crippen LogP contribution in [0.5, 0.6) is 0 Å². The van der Waals surface area contributed by atoms with E-state index in [-0.39, 0.29) is 17.6 Å². The van der Waals surface area contributed by atoms with Gasteiger partial charge in [-0.15, -0.1) is 0 Å². The molecule has 1 aromatic heterocycles. The molecule has 3 rings (SSSR count). The number of carbonyl (C=O) groups excluding carboxylic acids is 2. The lowest BCUT2D eigenvalue weighted by Crippen LogP contribution is -2.41. The molecule has 1 heterocycles. The van der Waals surface area contributed by atoms with E-state index < -0.39 is 0 Å². The minimum absolute atomic E-state index is 0.00303. The number of anilines is 1. The maximum Gasteiger partial charge on any atom is 0.291 e. The van der Waals surface area contributed by atoms with Gasteiger partial charge in [0.15, 0.2) is 10.4 Å². The fourth-order valence-electron chi connectivity index (χ4n) is 2.83. The molecule has 0 spiro atoms. The number of carbonyl (C=O) groups is 2. The highest BCUT2D eigenvalue weighted by Gasteiger charge is 2.29. The molecule has 1 aromatic carbocycles. The van der Waals surface area contributed by atoms with E-state index in [4.69, 9.17) is 4.42 Å². The van der Waals surface area contributed by atoms with Gasteiger partial charge in [0, 0.05) is 24.3 Å². The van der Waals surface area contributed by atoms with Gasteiger partial charge in [-0.2, -0.15) is 0 Å². The molecule has 0 bridgehead atoms. The second-order valence-electron chi connectivity index (χ2n) is 6.98. The lowest BCUT2D eigenvalue weighted by molar-refractivity contribution is -0.120. The molecule has 2 N–H and O–H groups in total. The predicted molar refractivity (Wildman–Crippen MR) is 108 cm³/mol. The fraction of sp³-hybridized carbons (Fsp3) is 0.400. The number of hydrogen-bond donors (Lipinski definition) is 2. The van der Waals surface area contributed by atoms with Crippen molar-refractivity contribution in [3.63, 3.8) is 0 Å². The molecule has 1 aliphatic rings. The lowest BCUT2D eigenvalue weighted by atomic mass is 10.1. The molecular formula is C20H24BrN3O3. The zero-order chi connectivity index (χ0) is 19.4. The normalized spacial score (nSPS) is 14.8. The van der Waals surface area contributed by atoms with Gasteiger partial charge in [0.1, 0.15) is 0 Å². The van der Waals surface area contributed by atoms with Crippen molar-refractivity contribution in [2.24, 2.45) is 0 Å². The summed E-state index contributed by atoms with van der Waals surface area (Å²) in [6.45, 7) is 2.78. The highest BCUT2D eigenvalue weighted by molar-refractivity contribution is 9.10. The number of hydrogen-bond acceptors (Lipinski definition) is 4. The van der Waals surface area contributed by atoms with Crippen molar-refractivity contribution in [1.29, 1.82) is 0 Å². The Morgan fingerprint density at radius 2 is 1.93 bits per heavy atom. The van der Waals surface area contributed by atoms with Crippen LogP contribution in [0.1, 0.15) is 35.9 Å². The molecule has 2 amide bonds. The van der Waals surface area contributed by atoms with Crippen molar-refractivity contribution >= 4 is 33.4 Å². The van der Waals surface area contributed by atoms with Gasteiger partial charge in [0.2, 0.25) is 5.91 Å². The molecule has 1 atom stereocenters. The Morgan fingerprint density at radius 3 is 2.52 bits per heavy atom. The third kappa shape index (κ3) is 5.68. The Labute approximate surface area is 167 Å². The molecule has 1 fully saturated rings. The fourth-order valence-corrected chi connectivity index (χ4v) is 3.14. The molecule has 144 valence electrons. The third-order valence-electron chi connectivity index (χ3n) is 4.79. The SMILES string of the molecule is CC(CNC(=O)Cc1ccc(NC(=O)c2ccc(Br)o2)cc1)N(C)C1CC1. The number of furan rings is 1. The number of benzene rings is 1. The molecule has 2 aromatic rings. The summed E-state index contributed by atoms with van der Waals surface area (Å²) in [5.74, 6) is -0.0844. The van der Waals surface area contributed by atoms with Gasteiger partial charge in [-0.3, -0.25) is 14.5 Å². The average molecular weight is 434 g/mol. The number of rotatable bonds is 8. The van der Waals surface area contributed by atoms with Crippen LogP contribution in [0.15, 0.2) is 45.5 Å². The van der Waals surface area contributed by atoms with Gasteiger partial charge >= 0.3 is 0 Å². The molecule has 0 saturated heterocycles. The summed E-state index contributed by atoms with van der Waals surface area (Å²) in [7, 11) is 2.11. The van der Waals surface area contributed by atoms with Crippen molar-refractivity contribution in [3.8, 4) is 0 Å². The number of halogens is 1. The number of amides is 2. The smallest absolute Gasteiger partial charge is 0.291 e. The molecule has 0 aliphatic heterocycles. The Balaban J connectivity index is 1.45. The van der Waals surface area contributed by atoms with Crippen LogP contribution in [0, 0.1) is 0 Å². The minimum Gasteiger partial charge on any atom is -0.444 e. The van der Waals surface area contributed by atoms with E-state index in [0.29, 0.717) is 35.4 Å². The first-order valence-corrected chi connectivity index (χ1v) is 9.86. The second kappa shape index (κ2) is 8.71. The van der Waals surface area contributed by atoms with E-state index in [0.717, 1.165) is 5.56 Å². The van der Waals surface area contributed by atoms with Gasteiger partial charge in [0.25, 0.3) is 5.91 Å². The molecule has 1 aliphatic carbocycles. The van der Waals surface area contributed by atoms with E-state index in [9.17, 15) is 9.59 Å². The maximum absolute atomic E-state index is 12.2. The van der Waals surface area contributed by atoms with Crippen LogP contribution in [-0.4, -0.2) is 42.4 Å². The Kier molecular flexibility index (Phi) is 6.34. The van der Waals surface area contributed by atoms with Crippen molar-refractivity contribution in [2.45, 2.75) is 38.3 Å². The maximum atomic E-state index is 12.2. The van der Waals surface area contributed by atoms with Gasteiger partial charge in [0.05, 0.1) is 6.42 Å². The molecule has 27 heavy (non-hydrogen) atoms. The first-order valence-electron chi connectivity index (χ1n) is 9.06. The van der Waals surface area contributed by atoms with E-state index in [2.05, 4.69) is 45.4 Å². The van der Waals surface area contributed by atoms with Crippen LogP contribution in [0.2, 0.25) is 0 Å². The lowest BCUT2D eigenvalue weighted by Gasteiger charge is -2.24. The number of nitrogens with zero attached hydrogens (tertiary/aromatic N) is 1. The second-order valence-corrected chi connectivity index (χ2v) is 7.76. The van der Waals surface area contributed by atoms with Crippen molar-refractivity contribution in [3.05, 3.63) is 52.4 Å². The summed E-state index contributed by atoms with van der Waals surface area (Å²) in [6.07, 6.45) is 2.84. The highest BCUT2D eigenvalue weighted by atomic mass is 79.9. The topological polar surface area (TPSA) is 74.6 Å². The molecule has 1 unspecified atom stereocenters. The van der Waals surface area contributed by atoms with Crippen LogP contribution in [0.25, 0.3) is 0 Å². The quantitative estimate of drug-likeness (QED) is 0.668. The summed E-state index contributed by atoms with van der Waals surface area (Å²) >= 11 is 3.17. The standard InChI is InChI=1S/C20H24BrN3O3/c1-13(24(2)16-7-8-16)12-22-19(25)11-14-3-5-15(6-4-14)23-20(26)17-9-10-18(21)27-17/h3-6,9-10,13,16H,7-8,11-12H2,1-2H3,(H,22,25)(H,23,26). The summed E-state index contributed by atoms with van der Waals surface area (Å²) in [6, 6.07) is 11.5. The zero-order valence-corrected chi connectivity index (χ0v) is 17.1. The van der Waals surface area contributed by atoms with E-state index in [1.807, 2.05) is 12.1 Å². The zero-order valence-electron chi connectivity index (χ0n) is 15.5. The summed E-state index contributed by atoms with van der Waals surface area (Å²) in [5, 5.41) is 5.76. The van der Waals surface area contributed by atoms with Crippen LogP contribution < -0.4 is 10.6 Å². The first-order chi connectivity index (χ1) is 12.9. The van der Waals surface area contributed by atoms with Crippen LogP contribution in [0.4, 0.5) is 5.69 Å². The van der Waals surface area contributed by atoms with Crippen LogP contribution in [-0.2, 0) is 11.2 Å². The van der Waals surface area contributed by atoms with E-state index >= 15 is 0 Å². The van der Waals surface area contributed by atoms with E-state index in [1.165, 1.54) is 12.8 Å². The monoisotopic (exact) mass is 433 g/mol. The number of likely N-dealkylation sites (N-methyl/N-ethyl adjacent to an activating group) is 1. The molecule has 0 radical (unpaired) electrons. The number of nitrogens with one attached hydrogen (secondary N) is 2. The van der Waals surface area contributed by atoms with Crippen LogP contribution >= 0.6 is 15.9 Å². The van der Waals surface area contributed by atoms with Gasteiger partial charge in [-0.05, 0) is 72.6 Å². The predicted octanol–water partition coefficient (Wildman–Crippen LogP) is 3.44. The van der Waals surface area contributed by atoms with Gasteiger partial charge in [-0.1, -0.05) is 12.1 Å². The van der Waals surface area contributed by atoms with Crippen molar-refractivity contribution < 1.29 is 14.0 Å². The minimum atomic E-state index is -0.319. The average Bonchev–Trinajstić information content (AvgIpc) is 3.41. The van der Waals surface area contributed by atoms with Crippen molar-refractivity contribution in [1.82, 2.24) is 10.2 Å².